The summed E-state index contributed by atoms with van der Waals surface area (Å²) in [4.78, 5) is 40.5. The molecule has 0 aliphatic heterocycles. The second-order valence-electron chi connectivity index (χ2n) is 6.64. The molecule has 0 saturated carbocycles. The molecule has 0 fully saturated rings. The molecule has 2 N–H and O–H groups in total. The van der Waals surface area contributed by atoms with Crippen molar-refractivity contribution >= 4 is 22.5 Å². The Kier molecular flexibility index (Phi) is 6.26. The van der Waals surface area contributed by atoms with E-state index >= 15 is 0 Å². The normalized spacial score (nSPS) is 10.8. The maximum absolute atomic E-state index is 12.1. The summed E-state index contributed by atoms with van der Waals surface area (Å²) in [6.45, 7) is 1.61. The van der Waals surface area contributed by atoms with E-state index < -0.39 is 11.2 Å². The first kappa shape index (κ1) is 19.4. The highest BCUT2D eigenvalue weighted by molar-refractivity contribution is 5.78. The number of fused-ring (bicyclic) bond motifs is 1. The van der Waals surface area contributed by atoms with Crippen LogP contribution in [-0.2, 0) is 11.3 Å². The van der Waals surface area contributed by atoms with Gasteiger partial charge >= 0.3 is 5.69 Å². The van der Waals surface area contributed by atoms with Gasteiger partial charge in [-0.25, -0.2) is 4.79 Å². The largest absolute Gasteiger partial charge is 0.375 e. The molecule has 0 spiro atoms. The average Bonchev–Trinajstić information content (AvgIpc) is 2.71. The molecule has 0 aliphatic rings. The summed E-state index contributed by atoms with van der Waals surface area (Å²) in [6.07, 6.45) is 0.989. The summed E-state index contributed by atoms with van der Waals surface area (Å²) in [5.74, 6) is -0.121. The maximum atomic E-state index is 12.1. The third kappa shape index (κ3) is 4.68. The van der Waals surface area contributed by atoms with E-state index in [1.807, 2.05) is 37.4 Å². The summed E-state index contributed by atoms with van der Waals surface area (Å²) in [5.41, 5.74) is 0.761. The van der Waals surface area contributed by atoms with Crippen LogP contribution in [0.4, 0.5) is 5.69 Å². The first-order valence-electron chi connectivity index (χ1n) is 9.31. The second kappa shape index (κ2) is 9.03. The van der Waals surface area contributed by atoms with Crippen LogP contribution in [0.1, 0.15) is 12.8 Å². The predicted octanol–water partition coefficient (Wildman–Crippen LogP) is 1.72. The molecule has 1 heterocycles. The standard InChI is InChI=1S/C21H24N4O3/c1-24(16-8-3-2-4-9-16)14-7-13-22-19(26)12-15-25-18-11-6-5-10-17(18)20(27)23-21(25)28/h2-6,8-11H,7,12-15H2,1H3,(H,22,26)(H,23,27,28). The van der Waals surface area contributed by atoms with E-state index in [1.165, 1.54) is 4.57 Å². The number of H-pyrrole nitrogens is 1. The molecule has 0 atom stereocenters. The number of nitrogens with zero attached hydrogens (tertiary/aromatic N) is 2. The number of benzene rings is 2. The van der Waals surface area contributed by atoms with Crippen molar-refractivity contribution in [2.24, 2.45) is 0 Å². The Bertz CT molecular complexity index is 1060. The number of hydrogen-bond acceptors (Lipinski definition) is 4. The van der Waals surface area contributed by atoms with Crippen molar-refractivity contribution in [3.63, 3.8) is 0 Å². The van der Waals surface area contributed by atoms with Crippen molar-refractivity contribution in [2.75, 3.05) is 25.0 Å². The molecule has 0 radical (unpaired) electrons. The van der Waals surface area contributed by atoms with E-state index in [2.05, 4.69) is 15.2 Å². The first-order chi connectivity index (χ1) is 13.6. The molecule has 7 heteroatoms. The van der Waals surface area contributed by atoms with Gasteiger partial charge < -0.3 is 10.2 Å². The number of para-hydroxylation sites is 2. The molecule has 3 aromatic rings. The van der Waals surface area contributed by atoms with Crippen molar-refractivity contribution in [2.45, 2.75) is 19.4 Å². The minimum atomic E-state index is -0.499. The van der Waals surface area contributed by atoms with Crippen molar-refractivity contribution in [1.29, 1.82) is 0 Å². The second-order valence-corrected chi connectivity index (χ2v) is 6.64. The Balaban J connectivity index is 1.49. The lowest BCUT2D eigenvalue weighted by atomic mass is 10.2. The third-order valence-corrected chi connectivity index (χ3v) is 4.66. The molecule has 0 saturated heterocycles. The number of rotatable bonds is 8. The predicted molar refractivity (Wildman–Crippen MR) is 111 cm³/mol. The van der Waals surface area contributed by atoms with Crippen LogP contribution in [0.3, 0.4) is 0 Å². The van der Waals surface area contributed by atoms with Gasteiger partial charge in [-0.15, -0.1) is 0 Å². The number of anilines is 1. The van der Waals surface area contributed by atoms with E-state index in [4.69, 9.17) is 0 Å². The first-order valence-corrected chi connectivity index (χ1v) is 9.31. The molecule has 0 unspecified atom stereocenters. The lowest BCUT2D eigenvalue weighted by Gasteiger charge is -2.19. The van der Waals surface area contributed by atoms with Crippen LogP contribution in [0.2, 0.25) is 0 Å². The van der Waals surface area contributed by atoms with Crippen molar-refractivity contribution in [1.82, 2.24) is 14.9 Å². The van der Waals surface area contributed by atoms with Gasteiger partial charge in [0.25, 0.3) is 5.56 Å². The fourth-order valence-corrected chi connectivity index (χ4v) is 3.12. The van der Waals surface area contributed by atoms with Crippen LogP contribution in [0.15, 0.2) is 64.2 Å². The van der Waals surface area contributed by atoms with E-state index in [0.29, 0.717) is 17.4 Å². The number of aromatic amines is 1. The van der Waals surface area contributed by atoms with Crippen LogP contribution in [0.25, 0.3) is 10.9 Å². The van der Waals surface area contributed by atoms with Gasteiger partial charge in [0.05, 0.1) is 10.9 Å². The van der Waals surface area contributed by atoms with E-state index in [0.717, 1.165) is 18.7 Å². The molecule has 3 rings (SSSR count). The van der Waals surface area contributed by atoms with Crippen molar-refractivity contribution in [3.8, 4) is 0 Å². The summed E-state index contributed by atoms with van der Waals surface area (Å²) in [6, 6.07) is 16.9. The molecule has 7 nitrogen and oxygen atoms in total. The molecule has 0 bridgehead atoms. The van der Waals surface area contributed by atoms with Crippen LogP contribution in [0.5, 0.6) is 0 Å². The summed E-state index contributed by atoms with van der Waals surface area (Å²) in [7, 11) is 2.02. The smallest absolute Gasteiger partial charge is 0.328 e. The lowest BCUT2D eigenvalue weighted by Crippen LogP contribution is -2.33. The number of nitrogens with one attached hydrogen (secondary N) is 2. The lowest BCUT2D eigenvalue weighted by molar-refractivity contribution is -0.121. The van der Waals surface area contributed by atoms with E-state index in [-0.39, 0.29) is 18.9 Å². The Morgan fingerprint density at radius 1 is 1.07 bits per heavy atom. The average molecular weight is 380 g/mol. The fourth-order valence-electron chi connectivity index (χ4n) is 3.12. The van der Waals surface area contributed by atoms with Gasteiger partial charge in [-0.1, -0.05) is 30.3 Å². The van der Waals surface area contributed by atoms with Crippen LogP contribution >= 0.6 is 0 Å². The Hall–Kier alpha value is -3.35. The van der Waals surface area contributed by atoms with Crippen molar-refractivity contribution < 1.29 is 4.79 Å². The van der Waals surface area contributed by atoms with Crippen LogP contribution in [-0.4, -0.2) is 35.6 Å². The molecular formula is C21H24N4O3. The van der Waals surface area contributed by atoms with Crippen LogP contribution in [0, 0.1) is 0 Å². The summed E-state index contributed by atoms with van der Waals surface area (Å²) in [5, 5.41) is 3.32. The zero-order valence-corrected chi connectivity index (χ0v) is 15.9. The monoisotopic (exact) mass is 380 g/mol. The van der Waals surface area contributed by atoms with Gasteiger partial charge in [0.1, 0.15) is 0 Å². The van der Waals surface area contributed by atoms with Gasteiger partial charge in [-0.2, -0.15) is 0 Å². The zero-order valence-electron chi connectivity index (χ0n) is 15.9. The zero-order chi connectivity index (χ0) is 19.9. The molecular weight excluding hydrogens is 356 g/mol. The number of carbonyl (C=O) groups is 1. The number of amides is 1. The van der Waals surface area contributed by atoms with Gasteiger partial charge in [0.2, 0.25) is 5.91 Å². The van der Waals surface area contributed by atoms with E-state index in [9.17, 15) is 14.4 Å². The number of aromatic nitrogens is 2. The van der Waals surface area contributed by atoms with Gasteiger partial charge in [0, 0.05) is 38.8 Å². The summed E-state index contributed by atoms with van der Waals surface area (Å²) < 4.78 is 1.43. The number of carbonyl (C=O) groups excluding carboxylic acids is 1. The quantitative estimate of drug-likeness (QED) is 0.583. The topological polar surface area (TPSA) is 87.2 Å². The van der Waals surface area contributed by atoms with Crippen LogP contribution < -0.4 is 21.5 Å². The Morgan fingerprint density at radius 3 is 2.57 bits per heavy atom. The third-order valence-electron chi connectivity index (χ3n) is 4.66. The highest BCUT2D eigenvalue weighted by atomic mass is 16.2. The SMILES string of the molecule is CN(CCCNC(=O)CCn1c(=O)[nH]c(=O)c2ccccc21)c1ccccc1. The molecule has 2 aromatic carbocycles. The fraction of sp³-hybridized carbons (Fsp3) is 0.286. The highest BCUT2D eigenvalue weighted by Crippen LogP contribution is 2.10. The highest BCUT2D eigenvalue weighted by Gasteiger charge is 2.09. The minimum absolute atomic E-state index is 0.121. The van der Waals surface area contributed by atoms with E-state index in [1.54, 1.807) is 24.3 Å². The molecule has 0 aliphatic carbocycles. The maximum Gasteiger partial charge on any atom is 0.328 e. The molecule has 1 aromatic heterocycles. The minimum Gasteiger partial charge on any atom is -0.375 e. The Morgan fingerprint density at radius 2 is 1.79 bits per heavy atom. The number of hydrogen-bond donors (Lipinski definition) is 2. The Labute approximate surface area is 162 Å². The molecule has 28 heavy (non-hydrogen) atoms. The molecule has 146 valence electrons. The summed E-state index contributed by atoms with van der Waals surface area (Å²) >= 11 is 0. The number of aryl methyl sites for hydroxylation is 1. The molecule has 1 amide bonds. The van der Waals surface area contributed by atoms with Gasteiger partial charge in [-0.05, 0) is 30.7 Å². The van der Waals surface area contributed by atoms with Crippen molar-refractivity contribution in [3.05, 3.63) is 75.4 Å². The van der Waals surface area contributed by atoms with Gasteiger partial charge in [0.15, 0.2) is 0 Å². The van der Waals surface area contributed by atoms with Gasteiger partial charge in [-0.3, -0.25) is 19.1 Å².